The van der Waals surface area contributed by atoms with Gasteiger partial charge in [0.1, 0.15) is 5.75 Å². The molecule has 5 fully saturated rings. The molecule has 0 radical (unpaired) electrons. The standard InChI is InChI=1S/C32H38N2O5/c35-30(36)8-3-22-1-4-26(5-2-22)27-6-7-29(39-31(37)33-9-10-34-11-13-38-14-12-34)28(18-27)32-19-23-15-24(20-32)17-25(16-23)21-32/h1-8,18,23-25H,9-17,19-21H2,(H,33,37)(H,35,36)/b8-3+. The zero-order chi connectivity index (χ0) is 26.8. The largest absolute Gasteiger partial charge is 0.478 e. The van der Waals surface area contributed by atoms with Gasteiger partial charge in [0.05, 0.1) is 13.2 Å². The van der Waals surface area contributed by atoms with Crippen molar-refractivity contribution in [3.8, 4) is 16.9 Å². The van der Waals surface area contributed by atoms with Crippen LogP contribution in [0.5, 0.6) is 5.75 Å². The lowest BCUT2D eigenvalue weighted by Crippen LogP contribution is -2.48. The molecular weight excluding hydrogens is 492 g/mol. The molecule has 206 valence electrons. The average molecular weight is 531 g/mol. The van der Waals surface area contributed by atoms with Gasteiger partial charge in [0.25, 0.3) is 0 Å². The molecule has 2 aromatic carbocycles. The zero-order valence-electron chi connectivity index (χ0n) is 22.4. The van der Waals surface area contributed by atoms with E-state index in [2.05, 4.69) is 16.3 Å². The van der Waals surface area contributed by atoms with Crippen molar-refractivity contribution >= 4 is 18.1 Å². The summed E-state index contributed by atoms with van der Waals surface area (Å²) in [6.07, 6.45) is 9.94. The van der Waals surface area contributed by atoms with Crippen LogP contribution in [0.1, 0.15) is 49.7 Å². The fourth-order valence-electron chi connectivity index (χ4n) is 7.88. The van der Waals surface area contributed by atoms with E-state index in [1.54, 1.807) is 6.08 Å². The summed E-state index contributed by atoms with van der Waals surface area (Å²) in [5.41, 5.74) is 4.25. The summed E-state index contributed by atoms with van der Waals surface area (Å²) < 4.78 is 11.4. The van der Waals surface area contributed by atoms with E-state index < -0.39 is 12.1 Å². The number of benzene rings is 2. The van der Waals surface area contributed by atoms with E-state index in [1.807, 2.05) is 36.4 Å². The van der Waals surface area contributed by atoms with Gasteiger partial charge in [-0.25, -0.2) is 9.59 Å². The Morgan fingerprint density at radius 1 is 0.974 bits per heavy atom. The Hall–Kier alpha value is -3.16. The third-order valence-corrected chi connectivity index (χ3v) is 9.26. The molecule has 1 heterocycles. The smallest absolute Gasteiger partial charge is 0.412 e. The van der Waals surface area contributed by atoms with Gasteiger partial charge >= 0.3 is 12.1 Å². The van der Waals surface area contributed by atoms with Crippen LogP contribution in [0, 0.1) is 17.8 Å². The van der Waals surface area contributed by atoms with Crippen molar-refractivity contribution in [3.63, 3.8) is 0 Å². The van der Waals surface area contributed by atoms with Crippen LogP contribution in [-0.4, -0.2) is 61.5 Å². The summed E-state index contributed by atoms with van der Waals surface area (Å²) in [6.45, 7) is 4.61. The minimum atomic E-state index is -0.958. The van der Waals surface area contributed by atoms with Gasteiger partial charge in [0, 0.05) is 37.8 Å². The lowest BCUT2D eigenvalue weighted by atomic mass is 9.48. The zero-order valence-corrected chi connectivity index (χ0v) is 22.4. The number of carbonyl (C=O) groups excluding carboxylic acids is 1. The van der Waals surface area contributed by atoms with Crippen molar-refractivity contribution in [1.82, 2.24) is 10.2 Å². The van der Waals surface area contributed by atoms with Crippen molar-refractivity contribution in [2.75, 3.05) is 39.4 Å². The molecule has 7 rings (SSSR count). The number of morpholine rings is 1. The predicted molar refractivity (Wildman–Crippen MR) is 150 cm³/mol. The number of ether oxygens (including phenoxy) is 2. The molecule has 4 saturated carbocycles. The molecule has 5 aliphatic rings. The highest BCUT2D eigenvalue weighted by Crippen LogP contribution is 2.62. The number of aliphatic carboxylic acids is 1. The fraction of sp³-hybridized carbons (Fsp3) is 0.500. The van der Waals surface area contributed by atoms with Gasteiger partial charge in [0.2, 0.25) is 0 Å². The normalized spacial score (nSPS) is 28.1. The molecule has 1 amide bonds. The van der Waals surface area contributed by atoms with Crippen LogP contribution in [0.4, 0.5) is 4.79 Å². The molecule has 0 atom stereocenters. The lowest BCUT2D eigenvalue weighted by Gasteiger charge is -2.57. The molecule has 0 aromatic heterocycles. The molecule has 1 saturated heterocycles. The first kappa shape index (κ1) is 26.1. The first-order valence-corrected chi connectivity index (χ1v) is 14.4. The Balaban J connectivity index is 1.24. The van der Waals surface area contributed by atoms with E-state index in [0.29, 0.717) is 12.3 Å². The summed E-state index contributed by atoms with van der Waals surface area (Å²) >= 11 is 0. The molecule has 7 heteroatoms. The molecule has 4 bridgehead atoms. The van der Waals surface area contributed by atoms with Crippen molar-refractivity contribution in [2.45, 2.75) is 43.9 Å². The topological polar surface area (TPSA) is 88.1 Å². The second-order valence-corrected chi connectivity index (χ2v) is 12.0. The van der Waals surface area contributed by atoms with Gasteiger partial charge in [-0.2, -0.15) is 0 Å². The number of rotatable bonds is 8. The Morgan fingerprint density at radius 2 is 1.62 bits per heavy atom. The third kappa shape index (κ3) is 5.89. The van der Waals surface area contributed by atoms with E-state index in [4.69, 9.17) is 14.6 Å². The Morgan fingerprint density at radius 3 is 2.26 bits per heavy atom. The molecule has 7 nitrogen and oxygen atoms in total. The van der Waals surface area contributed by atoms with Gasteiger partial charge in [0.15, 0.2) is 0 Å². The summed E-state index contributed by atoms with van der Waals surface area (Å²) in [5.74, 6) is 2.05. The molecule has 2 N–H and O–H groups in total. The second kappa shape index (κ2) is 11.1. The number of carboxylic acids is 1. The van der Waals surface area contributed by atoms with E-state index >= 15 is 0 Å². The molecule has 0 spiro atoms. The lowest BCUT2D eigenvalue weighted by molar-refractivity contribution is -0.131. The fourth-order valence-corrected chi connectivity index (χ4v) is 7.88. The van der Waals surface area contributed by atoms with Gasteiger partial charge in [-0.3, -0.25) is 4.90 Å². The highest BCUT2D eigenvalue weighted by Gasteiger charge is 2.52. The molecule has 1 aliphatic heterocycles. The van der Waals surface area contributed by atoms with Crippen molar-refractivity contribution < 1.29 is 24.2 Å². The van der Waals surface area contributed by atoms with Crippen LogP contribution >= 0.6 is 0 Å². The molecular formula is C32H38N2O5. The molecule has 39 heavy (non-hydrogen) atoms. The van der Waals surface area contributed by atoms with E-state index in [-0.39, 0.29) is 5.41 Å². The number of hydrogen-bond acceptors (Lipinski definition) is 5. The van der Waals surface area contributed by atoms with Crippen LogP contribution in [-0.2, 0) is 14.9 Å². The van der Waals surface area contributed by atoms with Crippen molar-refractivity contribution in [3.05, 3.63) is 59.7 Å². The maximum absolute atomic E-state index is 12.9. The van der Waals surface area contributed by atoms with E-state index in [1.165, 1.54) is 44.1 Å². The SMILES string of the molecule is O=C(O)/C=C/c1ccc(-c2ccc(OC(=O)NCCN3CCOCC3)c(C34CC5CC(CC(C5)C3)C4)c2)cc1. The van der Waals surface area contributed by atoms with Crippen LogP contribution in [0.3, 0.4) is 0 Å². The minimum Gasteiger partial charge on any atom is -0.478 e. The van der Waals surface area contributed by atoms with Crippen LogP contribution in [0.2, 0.25) is 0 Å². The monoisotopic (exact) mass is 530 g/mol. The summed E-state index contributed by atoms with van der Waals surface area (Å²) in [5, 5.41) is 11.9. The number of hydrogen-bond donors (Lipinski definition) is 2. The number of carboxylic acid groups (broad SMARTS) is 1. The Bertz CT molecular complexity index is 1200. The third-order valence-electron chi connectivity index (χ3n) is 9.26. The van der Waals surface area contributed by atoms with E-state index in [9.17, 15) is 9.59 Å². The highest BCUT2D eigenvalue weighted by atomic mass is 16.6. The highest BCUT2D eigenvalue weighted by molar-refractivity contribution is 5.85. The first-order valence-electron chi connectivity index (χ1n) is 14.4. The van der Waals surface area contributed by atoms with Gasteiger partial charge in [-0.05, 0) is 96.6 Å². The number of nitrogens with one attached hydrogen (secondary N) is 1. The van der Waals surface area contributed by atoms with Crippen molar-refractivity contribution in [1.29, 1.82) is 0 Å². The minimum absolute atomic E-state index is 0.0678. The Kier molecular flexibility index (Phi) is 7.45. The Labute approximate surface area is 230 Å². The maximum Gasteiger partial charge on any atom is 0.412 e. The van der Waals surface area contributed by atoms with Crippen molar-refractivity contribution in [2.24, 2.45) is 17.8 Å². The van der Waals surface area contributed by atoms with Crippen LogP contribution < -0.4 is 10.1 Å². The summed E-state index contributed by atoms with van der Waals surface area (Å²) in [6, 6.07) is 14.2. The molecule has 0 unspecified atom stereocenters. The van der Waals surface area contributed by atoms with Crippen LogP contribution in [0.15, 0.2) is 48.5 Å². The molecule has 2 aromatic rings. The quantitative estimate of drug-likeness (QED) is 0.448. The average Bonchev–Trinajstić information content (AvgIpc) is 2.92. The summed E-state index contributed by atoms with van der Waals surface area (Å²) in [4.78, 5) is 26.1. The summed E-state index contributed by atoms with van der Waals surface area (Å²) in [7, 11) is 0. The van der Waals surface area contributed by atoms with Crippen LogP contribution in [0.25, 0.3) is 17.2 Å². The van der Waals surface area contributed by atoms with E-state index in [0.717, 1.165) is 73.4 Å². The number of nitrogens with zero attached hydrogens (tertiary/aromatic N) is 1. The number of carbonyl (C=O) groups is 2. The van der Waals surface area contributed by atoms with Gasteiger partial charge in [-0.15, -0.1) is 0 Å². The molecule has 4 aliphatic carbocycles. The first-order chi connectivity index (χ1) is 19.0. The predicted octanol–water partition coefficient (Wildman–Crippen LogP) is 5.34. The second-order valence-electron chi connectivity index (χ2n) is 12.0. The van der Waals surface area contributed by atoms with Gasteiger partial charge in [-0.1, -0.05) is 30.3 Å². The van der Waals surface area contributed by atoms with Gasteiger partial charge < -0.3 is 19.9 Å². The number of amides is 1. The maximum atomic E-state index is 12.9.